The van der Waals surface area contributed by atoms with Gasteiger partial charge in [-0.25, -0.2) is 0 Å². The fourth-order valence-electron chi connectivity index (χ4n) is 1.27. The third-order valence-corrected chi connectivity index (χ3v) is 2.94. The maximum atomic E-state index is 9.64. The Morgan fingerprint density at radius 3 is 1.92 bits per heavy atom. The fourth-order valence-corrected chi connectivity index (χ4v) is 2.53. The van der Waals surface area contributed by atoms with Crippen LogP contribution >= 0.6 is 22.6 Å². The van der Waals surface area contributed by atoms with E-state index in [-0.39, 0.29) is 16.9 Å². The van der Waals surface area contributed by atoms with Gasteiger partial charge in [0, 0.05) is 5.56 Å². The van der Waals surface area contributed by atoms with Crippen LogP contribution in [0.25, 0.3) is 0 Å². The van der Waals surface area contributed by atoms with E-state index in [0.717, 1.165) is 9.13 Å². The summed E-state index contributed by atoms with van der Waals surface area (Å²) in [7, 11) is 0. The summed E-state index contributed by atoms with van der Waals surface area (Å²) in [5.74, 6) is 0.470. The second kappa shape index (κ2) is 3.36. The van der Waals surface area contributed by atoms with Gasteiger partial charge in [-0.1, -0.05) is 20.8 Å². The topological polar surface area (TPSA) is 40.5 Å². The van der Waals surface area contributed by atoms with Gasteiger partial charge in [-0.05, 0) is 40.1 Å². The molecule has 0 heterocycles. The molecule has 2 N–H and O–H groups in total. The van der Waals surface area contributed by atoms with Crippen LogP contribution in [0.15, 0.2) is 12.1 Å². The van der Waals surface area contributed by atoms with E-state index < -0.39 is 0 Å². The van der Waals surface area contributed by atoms with Gasteiger partial charge < -0.3 is 10.2 Å². The number of rotatable bonds is 0. The van der Waals surface area contributed by atoms with Crippen LogP contribution in [0.3, 0.4) is 0 Å². The van der Waals surface area contributed by atoms with Crippen LogP contribution in [0.1, 0.15) is 26.3 Å². The van der Waals surface area contributed by atoms with Crippen molar-refractivity contribution in [1.29, 1.82) is 0 Å². The molecule has 0 atom stereocenters. The summed E-state index contributed by atoms with van der Waals surface area (Å²) in [4.78, 5) is 0. The Balaban J connectivity index is 3.43. The monoisotopic (exact) mass is 292 g/mol. The van der Waals surface area contributed by atoms with Crippen LogP contribution in [0.4, 0.5) is 0 Å². The van der Waals surface area contributed by atoms with Gasteiger partial charge in [0.1, 0.15) is 11.5 Å². The summed E-state index contributed by atoms with van der Waals surface area (Å²) in [6.07, 6.45) is 0. The first kappa shape index (κ1) is 10.6. The van der Waals surface area contributed by atoms with E-state index in [1.54, 1.807) is 0 Å². The molecule has 0 bridgehead atoms. The van der Waals surface area contributed by atoms with Gasteiger partial charge in [-0.3, -0.25) is 0 Å². The van der Waals surface area contributed by atoms with Gasteiger partial charge in [-0.15, -0.1) is 0 Å². The Morgan fingerprint density at radius 2 is 1.54 bits per heavy atom. The molecule has 2 nitrogen and oxygen atoms in total. The Bertz CT molecular complexity index is 326. The molecule has 0 aromatic heterocycles. The molecule has 0 saturated heterocycles. The Hall–Kier alpha value is -0.450. The molecule has 1 rings (SSSR count). The van der Waals surface area contributed by atoms with Crippen LogP contribution < -0.4 is 0 Å². The summed E-state index contributed by atoms with van der Waals surface area (Å²) in [6, 6.07) is 3.03. The molecular weight excluding hydrogens is 279 g/mol. The number of aromatic hydroxyl groups is 2. The van der Waals surface area contributed by atoms with Crippen molar-refractivity contribution in [2.75, 3.05) is 0 Å². The fraction of sp³-hybridized carbons (Fsp3) is 0.400. The third kappa shape index (κ3) is 2.07. The molecule has 72 valence electrons. The average Bonchev–Trinajstić information content (AvgIpc) is 1.95. The van der Waals surface area contributed by atoms with Gasteiger partial charge in [0.05, 0.1) is 3.57 Å². The molecule has 0 spiro atoms. The van der Waals surface area contributed by atoms with Crippen molar-refractivity contribution < 1.29 is 10.2 Å². The predicted molar refractivity (Wildman–Crippen MR) is 61.2 cm³/mol. The van der Waals surface area contributed by atoms with E-state index in [1.807, 2.05) is 43.4 Å². The number of benzene rings is 1. The van der Waals surface area contributed by atoms with Gasteiger partial charge in [-0.2, -0.15) is 0 Å². The zero-order chi connectivity index (χ0) is 10.2. The highest BCUT2D eigenvalue weighted by atomic mass is 127. The van der Waals surface area contributed by atoms with Crippen molar-refractivity contribution >= 4 is 22.6 Å². The summed E-state index contributed by atoms with van der Waals surface area (Å²) >= 11 is 2.05. The summed E-state index contributed by atoms with van der Waals surface area (Å²) in [5.41, 5.74) is 0.646. The molecule has 0 radical (unpaired) electrons. The summed E-state index contributed by atoms with van der Waals surface area (Å²) < 4.78 is 0.727. The SMILES string of the molecule is CC(C)(C)c1c(O)ccc(O)c1I. The van der Waals surface area contributed by atoms with Crippen molar-refractivity contribution in [3.63, 3.8) is 0 Å². The Labute approximate surface area is 91.7 Å². The molecular formula is C10H13IO2. The number of halogens is 1. The molecule has 3 heteroatoms. The Morgan fingerprint density at radius 1 is 1.08 bits per heavy atom. The third-order valence-electron chi connectivity index (χ3n) is 1.85. The second-order valence-electron chi connectivity index (χ2n) is 4.04. The first-order chi connectivity index (χ1) is 5.84. The highest BCUT2D eigenvalue weighted by molar-refractivity contribution is 14.1. The molecule has 0 saturated carbocycles. The second-order valence-corrected chi connectivity index (χ2v) is 5.12. The largest absolute Gasteiger partial charge is 0.508 e. The molecule has 0 aliphatic heterocycles. The summed E-state index contributed by atoms with van der Waals surface area (Å²) in [5, 5.41) is 19.1. The van der Waals surface area contributed by atoms with Crippen molar-refractivity contribution in [1.82, 2.24) is 0 Å². The maximum Gasteiger partial charge on any atom is 0.129 e. The average molecular weight is 292 g/mol. The van der Waals surface area contributed by atoms with Crippen LogP contribution in [-0.4, -0.2) is 10.2 Å². The van der Waals surface area contributed by atoms with E-state index in [1.165, 1.54) is 12.1 Å². The van der Waals surface area contributed by atoms with Crippen LogP contribution in [0, 0.1) is 3.57 Å². The minimum atomic E-state index is -0.153. The van der Waals surface area contributed by atoms with E-state index in [0.29, 0.717) is 0 Å². The molecule has 13 heavy (non-hydrogen) atoms. The first-order valence-corrected chi connectivity index (χ1v) is 5.13. The van der Waals surface area contributed by atoms with Crippen LogP contribution in [0.2, 0.25) is 0 Å². The van der Waals surface area contributed by atoms with E-state index in [9.17, 15) is 10.2 Å². The number of hydrogen-bond donors (Lipinski definition) is 2. The number of phenolic OH excluding ortho intramolecular Hbond substituents is 2. The lowest BCUT2D eigenvalue weighted by atomic mass is 9.86. The highest BCUT2D eigenvalue weighted by Crippen LogP contribution is 2.38. The molecule has 1 aromatic carbocycles. The normalized spacial score (nSPS) is 11.7. The molecule has 1 aromatic rings. The van der Waals surface area contributed by atoms with Gasteiger partial charge in [0.2, 0.25) is 0 Å². The van der Waals surface area contributed by atoms with Crippen molar-refractivity contribution in [2.45, 2.75) is 26.2 Å². The van der Waals surface area contributed by atoms with Crippen LogP contribution in [-0.2, 0) is 5.41 Å². The number of phenols is 2. The van der Waals surface area contributed by atoms with Gasteiger partial charge in [0.25, 0.3) is 0 Å². The lowest BCUT2D eigenvalue weighted by Crippen LogP contribution is -2.13. The van der Waals surface area contributed by atoms with E-state index in [4.69, 9.17) is 0 Å². The van der Waals surface area contributed by atoms with Crippen molar-refractivity contribution in [3.05, 3.63) is 21.3 Å². The standard InChI is InChI=1S/C10H13IO2/c1-10(2,3)8-6(12)4-5-7(13)9(8)11/h4-5,12-13H,1-3H3. The lowest BCUT2D eigenvalue weighted by Gasteiger charge is -2.22. The summed E-state index contributed by atoms with van der Waals surface area (Å²) in [6.45, 7) is 6.01. The number of hydrogen-bond acceptors (Lipinski definition) is 2. The first-order valence-electron chi connectivity index (χ1n) is 4.05. The van der Waals surface area contributed by atoms with E-state index >= 15 is 0 Å². The van der Waals surface area contributed by atoms with Crippen LogP contribution in [0.5, 0.6) is 11.5 Å². The zero-order valence-corrected chi connectivity index (χ0v) is 10.1. The zero-order valence-electron chi connectivity index (χ0n) is 7.93. The predicted octanol–water partition coefficient (Wildman–Crippen LogP) is 3.00. The minimum Gasteiger partial charge on any atom is -0.508 e. The smallest absolute Gasteiger partial charge is 0.129 e. The van der Waals surface area contributed by atoms with E-state index in [2.05, 4.69) is 0 Å². The molecule has 0 unspecified atom stereocenters. The highest BCUT2D eigenvalue weighted by Gasteiger charge is 2.22. The molecule has 0 fully saturated rings. The maximum absolute atomic E-state index is 9.64. The van der Waals surface area contributed by atoms with Gasteiger partial charge in [0.15, 0.2) is 0 Å². The Kier molecular flexibility index (Phi) is 2.75. The van der Waals surface area contributed by atoms with Gasteiger partial charge >= 0.3 is 0 Å². The molecule has 0 amide bonds. The minimum absolute atomic E-state index is 0.153. The molecule has 0 aliphatic carbocycles. The quantitative estimate of drug-likeness (QED) is 0.570. The molecule has 0 aliphatic rings. The van der Waals surface area contributed by atoms with Crippen molar-refractivity contribution in [3.8, 4) is 11.5 Å². The van der Waals surface area contributed by atoms with Crippen molar-refractivity contribution in [2.24, 2.45) is 0 Å². The lowest BCUT2D eigenvalue weighted by molar-refractivity contribution is 0.431.